The Morgan fingerprint density at radius 1 is 0.926 bits per heavy atom. The average Bonchev–Trinajstić information content (AvgIpc) is 2.74. The second kappa shape index (κ2) is 7.85. The van der Waals surface area contributed by atoms with E-state index in [1.54, 1.807) is 12.4 Å². The molecule has 0 N–H and O–H groups in total. The highest BCUT2D eigenvalue weighted by atomic mass is 16.2. The van der Waals surface area contributed by atoms with E-state index in [-0.39, 0.29) is 5.91 Å². The number of anilines is 2. The van der Waals surface area contributed by atoms with Crippen LogP contribution in [0.25, 0.3) is 0 Å². The number of carbonyl (C=O) groups excluding carboxylic acids is 1. The van der Waals surface area contributed by atoms with E-state index < -0.39 is 0 Å². The first kappa shape index (κ1) is 17.6. The van der Waals surface area contributed by atoms with E-state index in [4.69, 9.17) is 4.98 Å². The van der Waals surface area contributed by atoms with Crippen LogP contribution in [0, 0.1) is 6.92 Å². The van der Waals surface area contributed by atoms with E-state index in [9.17, 15) is 4.79 Å². The molecule has 142 valence electrons. The molecule has 0 aromatic carbocycles. The Labute approximate surface area is 159 Å². The molecule has 4 rings (SSSR count). The smallest absolute Gasteiger partial charge is 0.274 e. The van der Waals surface area contributed by atoms with Crippen molar-refractivity contribution < 1.29 is 4.79 Å². The maximum Gasteiger partial charge on any atom is 0.274 e. The number of hydrogen-bond donors (Lipinski definition) is 0. The lowest BCUT2D eigenvalue weighted by atomic mass is 10.1. The Morgan fingerprint density at radius 2 is 1.70 bits per heavy atom. The molecule has 2 aromatic heterocycles. The fourth-order valence-electron chi connectivity index (χ4n) is 3.64. The highest BCUT2D eigenvalue weighted by Gasteiger charge is 2.25. The van der Waals surface area contributed by atoms with Gasteiger partial charge in [-0.1, -0.05) is 0 Å². The van der Waals surface area contributed by atoms with Crippen LogP contribution in [-0.4, -0.2) is 70.0 Å². The van der Waals surface area contributed by atoms with Crippen molar-refractivity contribution >= 4 is 17.7 Å². The van der Waals surface area contributed by atoms with Gasteiger partial charge in [-0.05, 0) is 26.2 Å². The molecular formula is C19H25N7O. The van der Waals surface area contributed by atoms with Crippen LogP contribution in [0.1, 0.15) is 35.4 Å². The predicted octanol–water partition coefficient (Wildman–Crippen LogP) is 1.53. The number of aromatic nitrogens is 4. The zero-order valence-electron chi connectivity index (χ0n) is 15.7. The summed E-state index contributed by atoms with van der Waals surface area (Å²) in [5.41, 5.74) is 1.38. The number of piperidine rings is 1. The van der Waals surface area contributed by atoms with Crippen LogP contribution in [0.2, 0.25) is 0 Å². The minimum Gasteiger partial charge on any atom is -0.353 e. The van der Waals surface area contributed by atoms with Crippen LogP contribution < -0.4 is 9.80 Å². The molecular weight excluding hydrogens is 342 g/mol. The summed E-state index contributed by atoms with van der Waals surface area (Å²) in [6.07, 6.45) is 8.34. The van der Waals surface area contributed by atoms with Gasteiger partial charge in [0.25, 0.3) is 5.91 Å². The number of rotatable bonds is 3. The third kappa shape index (κ3) is 3.99. The lowest BCUT2D eigenvalue weighted by Gasteiger charge is -2.36. The summed E-state index contributed by atoms with van der Waals surface area (Å²) >= 11 is 0. The van der Waals surface area contributed by atoms with Gasteiger partial charge in [0.1, 0.15) is 11.5 Å². The molecule has 8 nitrogen and oxygen atoms in total. The first-order valence-corrected chi connectivity index (χ1v) is 9.61. The minimum atomic E-state index is -0.0596. The number of carbonyl (C=O) groups is 1. The van der Waals surface area contributed by atoms with Crippen LogP contribution in [0.5, 0.6) is 0 Å². The molecule has 2 aromatic rings. The van der Waals surface area contributed by atoms with E-state index in [2.05, 4.69) is 24.8 Å². The van der Waals surface area contributed by atoms with E-state index in [1.807, 2.05) is 17.9 Å². The van der Waals surface area contributed by atoms with E-state index in [0.29, 0.717) is 18.8 Å². The molecule has 0 radical (unpaired) electrons. The molecule has 4 heterocycles. The third-order valence-electron chi connectivity index (χ3n) is 5.14. The molecule has 2 fully saturated rings. The molecule has 0 atom stereocenters. The molecule has 0 spiro atoms. The summed E-state index contributed by atoms with van der Waals surface area (Å²) < 4.78 is 0. The van der Waals surface area contributed by atoms with Crippen LogP contribution in [0.15, 0.2) is 24.7 Å². The summed E-state index contributed by atoms with van der Waals surface area (Å²) in [4.78, 5) is 36.5. The minimum absolute atomic E-state index is 0.0596. The first-order valence-electron chi connectivity index (χ1n) is 9.61. The van der Waals surface area contributed by atoms with Crippen molar-refractivity contribution in [2.75, 3.05) is 49.1 Å². The zero-order valence-corrected chi connectivity index (χ0v) is 15.7. The normalized spacial score (nSPS) is 17.9. The summed E-state index contributed by atoms with van der Waals surface area (Å²) in [6.45, 7) is 6.89. The summed E-state index contributed by atoms with van der Waals surface area (Å²) in [5, 5.41) is 0. The van der Waals surface area contributed by atoms with Gasteiger partial charge in [-0.2, -0.15) is 4.98 Å². The van der Waals surface area contributed by atoms with E-state index >= 15 is 0 Å². The fourth-order valence-corrected chi connectivity index (χ4v) is 3.64. The number of piperazine rings is 1. The lowest BCUT2D eigenvalue weighted by Crippen LogP contribution is -2.49. The van der Waals surface area contributed by atoms with Crippen molar-refractivity contribution in [1.82, 2.24) is 24.8 Å². The van der Waals surface area contributed by atoms with Gasteiger partial charge in [0.05, 0.1) is 6.20 Å². The Morgan fingerprint density at radius 3 is 2.41 bits per heavy atom. The van der Waals surface area contributed by atoms with Gasteiger partial charge in [0.2, 0.25) is 5.95 Å². The second-order valence-corrected chi connectivity index (χ2v) is 7.09. The molecule has 2 aliphatic heterocycles. The standard InChI is InChI=1S/C19H25N7O/c1-15-13-17(23-19(22-15)26-7-3-2-4-8-26)24-9-11-25(12-10-24)18(27)16-14-20-5-6-21-16/h5-6,13-14H,2-4,7-12H2,1H3. The van der Waals surface area contributed by atoms with Gasteiger partial charge in [0.15, 0.2) is 0 Å². The van der Waals surface area contributed by atoms with Crippen molar-refractivity contribution in [2.24, 2.45) is 0 Å². The average molecular weight is 367 g/mol. The van der Waals surface area contributed by atoms with Crippen molar-refractivity contribution in [3.05, 3.63) is 36.0 Å². The van der Waals surface area contributed by atoms with Gasteiger partial charge >= 0.3 is 0 Å². The zero-order chi connectivity index (χ0) is 18.6. The summed E-state index contributed by atoms with van der Waals surface area (Å²) in [5.74, 6) is 1.73. The number of aryl methyl sites for hydroxylation is 1. The van der Waals surface area contributed by atoms with Gasteiger partial charge in [-0.15, -0.1) is 0 Å². The molecule has 0 bridgehead atoms. The topological polar surface area (TPSA) is 78.3 Å². The maximum absolute atomic E-state index is 12.5. The Bertz CT molecular complexity index is 784. The van der Waals surface area contributed by atoms with Crippen molar-refractivity contribution in [1.29, 1.82) is 0 Å². The summed E-state index contributed by atoms with van der Waals surface area (Å²) in [6, 6.07) is 2.04. The Kier molecular flexibility index (Phi) is 5.13. The Hall–Kier alpha value is -2.77. The van der Waals surface area contributed by atoms with Crippen molar-refractivity contribution in [3.8, 4) is 0 Å². The molecule has 0 aliphatic carbocycles. The number of amides is 1. The predicted molar refractivity (Wildman–Crippen MR) is 103 cm³/mol. The quantitative estimate of drug-likeness (QED) is 0.814. The molecule has 27 heavy (non-hydrogen) atoms. The van der Waals surface area contributed by atoms with Gasteiger partial charge in [-0.3, -0.25) is 9.78 Å². The fraction of sp³-hybridized carbons (Fsp3) is 0.526. The second-order valence-electron chi connectivity index (χ2n) is 7.09. The van der Waals surface area contributed by atoms with Crippen molar-refractivity contribution in [3.63, 3.8) is 0 Å². The maximum atomic E-state index is 12.5. The van der Waals surface area contributed by atoms with Gasteiger partial charge in [0, 0.05) is 63.4 Å². The number of hydrogen-bond acceptors (Lipinski definition) is 7. The summed E-state index contributed by atoms with van der Waals surface area (Å²) in [7, 11) is 0. The van der Waals surface area contributed by atoms with Gasteiger partial charge in [-0.25, -0.2) is 9.97 Å². The molecule has 8 heteroatoms. The monoisotopic (exact) mass is 367 g/mol. The molecule has 2 saturated heterocycles. The molecule has 2 aliphatic rings. The largest absolute Gasteiger partial charge is 0.353 e. The lowest BCUT2D eigenvalue weighted by molar-refractivity contribution is 0.0740. The highest BCUT2D eigenvalue weighted by Crippen LogP contribution is 2.21. The first-order chi connectivity index (χ1) is 13.2. The molecule has 1 amide bonds. The molecule has 0 saturated carbocycles. The van der Waals surface area contributed by atoms with E-state index in [1.165, 1.54) is 25.5 Å². The van der Waals surface area contributed by atoms with E-state index in [0.717, 1.165) is 43.6 Å². The number of nitrogens with zero attached hydrogens (tertiary/aromatic N) is 7. The van der Waals surface area contributed by atoms with Crippen molar-refractivity contribution in [2.45, 2.75) is 26.2 Å². The van der Waals surface area contributed by atoms with Crippen LogP contribution in [-0.2, 0) is 0 Å². The SMILES string of the molecule is Cc1cc(N2CCN(C(=O)c3cnccn3)CC2)nc(N2CCCCC2)n1. The van der Waals surface area contributed by atoms with Crippen LogP contribution >= 0.6 is 0 Å². The van der Waals surface area contributed by atoms with Crippen LogP contribution in [0.4, 0.5) is 11.8 Å². The highest BCUT2D eigenvalue weighted by molar-refractivity contribution is 5.92. The van der Waals surface area contributed by atoms with Gasteiger partial charge < -0.3 is 14.7 Å². The third-order valence-corrected chi connectivity index (χ3v) is 5.14. The molecule has 0 unspecified atom stereocenters. The van der Waals surface area contributed by atoms with Crippen LogP contribution in [0.3, 0.4) is 0 Å². The Balaban J connectivity index is 1.43.